The number of carbonyl (C=O) groups is 1. The Morgan fingerprint density at radius 1 is 0.931 bits per heavy atom. The number of rotatable bonds is 9. The lowest BCUT2D eigenvalue weighted by Gasteiger charge is -2.12. The molecule has 29 heavy (non-hydrogen) atoms. The summed E-state index contributed by atoms with van der Waals surface area (Å²) < 4.78 is 15.3. The Morgan fingerprint density at radius 2 is 1.55 bits per heavy atom. The molecule has 0 atom stereocenters. The van der Waals surface area contributed by atoms with Gasteiger partial charge in [0, 0.05) is 24.2 Å². The van der Waals surface area contributed by atoms with E-state index in [-0.39, 0.29) is 41.4 Å². The number of nitrogens with one attached hydrogen (secondary N) is 1. The highest BCUT2D eigenvalue weighted by Gasteiger charge is 2.21. The molecule has 11 nitrogen and oxygen atoms in total. The second-order valence-corrected chi connectivity index (χ2v) is 5.74. The van der Waals surface area contributed by atoms with Gasteiger partial charge in [-0.15, -0.1) is 0 Å². The molecular weight excluding hydrogens is 386 g/mol. The topological polar surface area (TPSA) is 143 Å². The predicted octanol–water partition coefficient (Wildman–Crippen LogP) is 2.50. The molecule has 0 saturated heterocycles. The molecule has 154 valence electrons. The van der Waals surface area contributed by atoms with E-state index in [1.807, 2.05) is 0 Å². The van der Waals surface area contributed by atoms with Crippen LogP contribution in [0.2, 0.25) is 0 Å². The van der Waals surface area contributed by atoms with E-state index in [9.17, 15) is 25.0 Å². The zero-order chi connectivity index (χ0) is 21.6. The summed E-state index contributed by atoms with van der Waals surface area (Å²) in [6.07, 6.45) is 0.125. The second kappa shape index (κ2) is 9.35. The number of hydrogen-bond donors (Lipinski definition) is 1. The predicted molar refractivity (Wildman–Crippen MR) is 102 cm³/mol. The number of nitro groups is 2. The fraction of sp³-hybridized carbons (Fsp3) is 0.278. The summed E-state index contributed by atoms with van der Waals surface area (Å²) in [6, 6.07) is 6.37. The van der Waals surface area contributed by atoms with Crippen LogP contribution in [0.5, 0.6) is 17.2 Å². The minimum Gasteiger partial charge on any atom is -0.496 e. The van der Waals surface area contributed by atoms with Crippen molar-refractivity contribution < 1.29 is 28.9 Å². The third kappa shape index (κ3) is 4.89. The van der Waals surface area contributed by atoms with E-state index in [1.165, 1.54) is 45.6 Å². The number of non-ortho nitro benzene ring substituents is 1. The Labute approximate surface area is 165 Å². The minimum absolute atomic E-state index is 0.0106. The zero-order valence-electron chi connectivity index (χ0n) is 16.0. The van der Waals surface area contributed by atoms with Gasteiger partial charge < -0.3 is 19.5 Å². The minimum atomic E-state index is -0.622. The third-order valence-corrected chi connectivity index (χ3v) is 4.10. The standard InChI is InChI=1S/C18H19N3O8/c1-27-15-5-4-12(20(23)24)9-13(15)18(22)19-7-6-11-8-16(28-2)17(29-3)10-14(11)21(25)26/h4-5,8-10H,6-7H2,1-3H3,(H,19,22). The van der Waals surface area contributed by atoms with Crippen LogP contribution in [0.1, 0.15) is 15.9 Å². The SMILES string of the molecule is COc1cc(CCNC(=O)c2cc([N+](=O)[O-])ccc2OC)c([N+](=O)[O-])cc1OC. The molecule has 11 heteroatoms. The van der Waals surface area contributed by atoms with Crippen LogP contribution in [0, 0.1) is 20.2 Å². The number of carbonyl (C=O) groups excluding carboxylic acids is 1. The Balaban J connectivity index is 2.20. The van der Waals surface area contributed by atoms with Gasteiger partial charge in [0.25, 0.3) is 17.3 Å². The molecule has 0 aliphatic carbocycles. The van der Waals surface area contributed by atoms with Gasteiger partial charge in [-0.05, 0) is 18.6 Å². The van der Waals surface area contributed by atoms with Gasteiger partial charge in [-0.3, -0.25) is 25.0 Å². The number of ether oxygens (including phenoxy) is 3. The van der Waals surface area contributed by atoms with Crippen LogP contribution in [0.25, 0.3) is 0 Å². The fourth-order valence-electron chi connectivity index (χ4n) is 2.67. The van der Waals surface area contributed by atoms with E-state index in [0.29, 0.717) is 11.3 Å². The third-order valence-electron chi connectivity index (χ3n) is 4.10. The first-order valence-electron chi connectivity index (χ1n) is 8.32. The highest BCUT2D eigenvalue weighted by molar-refractivity contribution is 5.97. The maximum atomic E-state index is 12.4. The number of nitro benzene ring substituents is 2. The van der Waals surface area contributed by atoms with Gasteiger partial charge in [0.05, 0.1) is 42.8 Å². The van der Waals surface area contributed by atoms with Crippen molar-refractivity contribution in [1.82, 2.24) is 5.32 Å². The Bertz CT molecular complexity index is 945. The van der Waals surface area contributed by atoms with Crippen LogP contribution in [0.3, 0.4) is 0 Å². The lowest BCUT2D eigenvalue weighted by atomic mass is 10.1. The Hall–Kier alpha value is -3.89. The smallest absolute Gasteiger partial charge is 0.276 e. The van der Waals surface area contributed by atoms with Gasteiger partial charge in [0.1, 0.15) is 5.75 Å². The molecule has 0 heterocycles. The average Bonchev–Trinajstić information content (AvgIpc) is 2.72. The number of methoxy groups -OCH3 is 3. The molecule has 0 spiro atoms. The maximum Gasteiger partial charge on any atom is 0.276 e. The van der Waals surface area contributed by atoms with E-state index >= 15 is 0 Å². The van der Waals surface area contributed by atoms with E-state index in [4.69, 9.17) is 14.2 Å². The molecule has 0 aromatic heterocycles. The van der Waals surface area contributed by atoms with Crippen LogP contribution < -0.4 is 19.5 Å². The van der Waals surface area contributed by atoms with Crippen molar-refractivity contribution in [3.8, 4) is 17.2 Å². The molecule has 2 aromatic carbocycles. The Morgan fingerprint density at radius 3 is 2.10 bits per heavy atom. The van der Waals surface area contributed by atoms with Crippen molar-refractivity contribution in [2.24, 2.45) is 0 Å². The van der Waals surface area contributed by atoms with Crippen LogP contribution in [0.15, 0.2) is 30.3 Å². The first-order chi connectivity index (χ1) is 13.8. The summed E-state index contributed by atoms with van der Waals surface area (Å²) >= 11 is 0. The quantitative estimate of drug-likeness (QED) is 0.495. The summed E-state index contributed by atoms with van der Waals surface area (Å²) in [4.78, 5) is 33.5. The largest absolute Gasteiger partial charge is 0.496 e. The fourth-order valence-corrected chi connectivity index (χ4v) is 2.67. The van der Waals surface area contributed by atoms with Gasteiger partial charge in [-0.2, -0.15) is 0 Å². The van der Waals surface area contributed by atoms with Crippen LogP contribution in [-0.4, -0.2) is 43.6 Å². The molecule has 0 fully saturated rings. The number of hydrogen-bond acceptors (Lipinski definition) is 8. The average molecular weight is 405 g/mol. The number of amides is 1. The van der Waals surface area contributed by atoms with Crippen molar-refractivity contribution >= 4 is 17.3 Å². The molecule has 0 saturated carbocycles. The van der Waals surface area contributed by atoms with E-state index in [1.54, 1.807) is 0 Å². The first kappa shape index (κ1) is 21.4. The summed E-state index contributed by atoms with van der Waals surface area (Å²) in [6.45, 7) is 0.0427. The lowest BCUT2D eigenvalue weighted by Crippen LogP contribution is -2.26. The molecule has 0 unspecified atom stereocenters. The van der Waals surface area contributed by atoms with Crippen molar-refractivity contribution in [3.63, 3.8) is 0 Å². The Kier molecular flexibility index (Phi) is 6.90. The highest BCUT2D eigenvalue weighted by Crippen LogP contribution is 2.34. The van der Waals surface area contributed by atoms with E-state index in [2.05, 4.69) is 5.32 Å². The van der Waals surface area contributed by atoms with Gasteiger partial charge in [-0.25, -0.2) is 0 Å². The molecular formula is C18H19N3O8. The summed E-state index contributed by atoms with van der Waals surface area (Å²) in [5.74, 6) is 0.104. The van der Waals surface area contributed by atoms with Crippen LogP contribution in [0.4, 0.5) is 11.4 Å². The maximum absolute atomic E-state index is 12.4. The monoisotopic (exact) mass is 405 g/mol. The van der Waals surface area contributed by atoms with Crippen LogP contribution >= 0.6 is 0 Å². The molecule has 0 aliphatic rings. The summed E-state index contributed by atoms with van der Waals surface area (Å²) in [5, 5.41) is 24.9. The second-order valence-electron chi connectivity index (χ2n) is 5.74. The van der Waals surface area contributed by atoms with Gasteiger partial charge in [0.2, 0.25) is 0 Å². The molecule has 0 aliphatic heterocycles. The van der Waals surface area contributed by atoms with Crippen molar-refractivity contribution in [1.29, 1.82) is 0 Å². The van der Waals surface area contributed by atoms with Crippen molar-refractivity contribution in [2.75, 3.05) is 27.9 Å². The molecule has 2 aromatic rings. The molecule has 0 bridgehead atoms. The zero-order valence-corrected chi connectivity index (χ0v) is 16.0. The van der Waals surface area contributed by atoms with E-state index in [0.717, 1.165) is 6.07 Å². The lowest BCUT2D eigenvalue weighted by molar-refractivity contribution is -0.385. The normalized spacial score (nSPS) is 10.2. The van der Waals surface area contributed by atoms with Crippen molar-refractivity contribution in [3.05, 3.63) is 61.7 Å². The summed E-state index contributed by atoms with van der Waals surface area (Å²) in [5.41, 5.74) is -0.112. The van der Waals surface area contributed by atoms with Gasteiger partial charge >= 0.3 is 0 Å². The summed E-state index contributed by atoms with van der Waals surface area (Å²) in [7, 11) is 4.11. The molecule has 1 N–H and O–H groups in total. The van der Waals surface area contributed by atoms with Crippen molar-refractivity contribution in [2.45, 2.75) is 6.42 Å². The number of nitrogens with zero attached hydrogens (tertiary/aromatic N) is 2. The molecule has 0 radical (unpaired) electrons. The van der Waals surface area contributed by atoms with Gasteiger partial charge in [0.15, 0.2) is 11.5 Å². The highest BCUT2D eigenvalue weighted by atomic mass is 16.6. The molecule has 1 amide bonds. The number of benzene rings is 2. The van der Waals surface area contributed by atoms with Crippen LogP contribution in [-0.2, 0) is 6.42 Å². The molecule has 2 rings (SSSR count). The first-order valence-corrected chi connectivity index (χ1v) is 8.32. The van der Waals surface area contributed by atoms with Gasteiger partial charge in [-0.1, -0.05) is 0 Å². The van der Waals surface area contributed by atoms with E-state index < -0.39 is 15.8 Å².